The molecule has 4 N–H and O–H groups in total. The lowest BCUT2D eigenvalue weighted by molar-refractivity contribution is -0.120. The van der Waals surface area contributed by atoms with Gasteiger partial charge in [0.15, 0.2) is 0 Å². The number of benzene rings is 1. The highest BCUT2D eigenvalue weighted by Gasteiger charge is 2.28. The Morgan fingerprint density at radius 2 is 1.96 bits per heavy atom. The van der Waals surface area contributed by atoms with E-state index < -0.39 is 0 Å². The maximum absolute atomic E-state index is 12.5. The summed E-state index contributed by atoms with van der Waals surface area (Å²) in [6.07, 6.45) is 5.51. The summed E-state index contributed by atoms with van der Waals surface area (Å²) in [6.45, 7) is 0. The third-order valence-electron chi connectivity index (χ3n) is 4.73. The molecule has 7 heteroatoms. The molecule has 2 atom stereocenters. The van der Waals surface area contributed by atoms with Crippen molar-refractivity contribution in [3.63, 3.8) is 0 Å². The summed E-state index contributed by atoms with van der Waals surface area (Å²) in [5, 5.41) is 5.87. The minimum Gasteiger partial charge on any atom is -0.497 e. The van der Waals surface area contributed by atoms with Crippen molar-refractivity contribution >= 4 is 29.9 Å². The number of methoxy groups -OCH3 is 1. The van der Waals surface area contributed by atoms with E-state index in [4.69, 9.17) is 10.5 Å². The Morgan fingerprint density at radius 1 is 1.20 bits per heavy atom. The number of amides is 2. The number of carbonyl (C=O) groups is 2. The van der Waals surface area contributed by atoms with Crippen LogP contribution >= 0.6 is 12.4 Å². The standard InChI is InChI=1S/C18H25N3O3.ClH/c1-24-14-7-8-16(15(10-14)18(23)20-13-5-6-13)21-17(22)11-3-2-4-12(19)9-11;/h7-8,10-13H,2-6,9,19H2,1H3,(H,20,23)(H,21,22);1H. The molecule has 6 nitrogen and oxygen atoms in total. The van der Waals surface area contributed by atoms with Crippen molar-refractivity contribution in [2.75, 3.05) is 12.4 Å². The van der Waals surface area contributed by atoms with E-state index >= 15 is 0 Å². The zero-order chi connectivity index (χ0) is 17.1. The lowest BCUT2D eigenvalue weighted by Gasteiger charge is -2.26. The van der Waals surface area contributed by atoms with Crippen LogP contribution in [-0.2, 0) is 4.79 Å². The number of hydrogen-bond acceptors (Lipinski definition) is 4. The van der Waals surface area contributed by atoms with Crippen LogP contribution in [0.25, 0.3) is 0 Å². The van der Waals surface area contributed by atoms with Crippen molar-refractivity contribution in [2.24, 2.45) is 11.7 Å². The van der Waals surface area contributed by atoms with Gasteiger partial charge in [-0.15, -0.1) is 12.4 Å². The number of nitrogens with two attached hydrogens (primary N) is 1. The predicted molar refractivity (Wildman–Crippen MR) is 99.3 cm³/mol. The summed E-state index contributed by atoms with van der Waals surface area (Å²) in [5.74, 6) is 0.270. The maximum Gasteiger partial charge on any atom is 0.253 e. The number of nitrogens with one attached hydrogen (secondary N) is 2. The van der Waals surface area contributed by atoms with Crippen LogP contribution in [0.5, 0.6) is 5.75 Å². The van der Waals surface area contributed by atoms with Crippen molar-refractivity contribution in [1.82, 2.24) is 5.32 Å². The Kier molecular flexibility index (Phi) is 6.67. The molecule has 0 bridgehead atoms. The van der Waals surface area contributed by atoms with Crippen molar-refractivity contribution in [2.45, 2.75) is 50.6 Å². The molecule has 25 heavy (non-hydrogen) atoms. The monoisotopic (exact) mass is 367 g/mol. The Hall–Kier alpha value is -1.79. The normalized spacial score (nSPS) is 22.5. The van der Waals surface area contributed by atoms with Crippen LogP contribution in [-0.4, -0.2) is 31.0 Å². The van der Waals surface area contributed by atoms with Gasteiger partial charge in [0.2, 0.25) is 5.91 Å². The number of anilines is 1. The van der Waals surface area contributed by atoms with E-state index in [1.807, 2.05) is 0 Å². The number of rotatable bonds is 5. The van der Waals surface area contributed by atoms with Gasteiger partial charge in [0, 0.05) is 18.0 Å². The molecule has 1 aromatic carbocycles. The molecule has 1 aromatic rings. The number of hydrogen-bond donors (Lipinski definition) is 3. The molecule has 0 radical (unpaired) electrons. The first-order chi connectivity index (χ1) is 11.6. The van der Waals surface area contributed by atoms with Crippen LogP contribution in [0, 0.1) is 5.92 Å². The first kappa shape index (κ1) is 19.5. The highest BCUT2D eigenvalue weighted by Crippen LogP contribution is 2.28. The van der Waals surface area contributed by atoms with Crippen LogP contribution in [0.15, 0.2) is 18.2 Å². The fraction of sp³-hybridized carbons (Fsp3) is 0.556. The minimum atomic E-state index is -0.174. The third kappa shape index (κ3) is 5.09. The average molecular weight is 368 g/mol. The van der Waals surface area contributed by atoms with Crippen LogP contribution in [0.1, 0.15) is 48.9 Å². The largest absolute Gasteiger partial charge is 0.497 e. The maximum atomic E-state index is 12.5. The summed E-state index contributed by atoms with van der Waals surface area (Å²) in [6, 6.07) is 5.48. The van der Waals surface area contributed by atoms with E-state index in [9.17, 15) is 9.59 Å². The van der Waals surface area contributed by atoms with Gasteiger partial charge < -0.3 is 21.1 Å². The predicted octanol–water partition coefficient (Wildman–Crippen LogP) is 2.47. The van der Waals surface area contributed by atoms with Crippen LogP contribution in [0.3, 0.4) is 0 Å². The van der Waals surface area contributed by atoms with E-state index in [1.54, 1.807) is 25.3 Å². The van der Waals surface area contributed by atoms with Crippen molar-refractivity contribution < 1.29 is 14.3 Å². The van der Waals surface area contributed by atoms with E-state index in [0.717, 1.165) is 32.1 Å². The van der Waals surface area contributed by atoms with Gasteiger partial charge in [-0.2, -0.15) is 0 Å². The van der Waals surface area contributed by atoms with E-state index in [-0.39, 0.29) is 42.2 Å². The quantitative estimate of drug-likeness (QED) is 0.745. The van der Waals surface area contributed by atoms with Gasteiger partial charge >= 0.3 is 0 Å². The summed E-state index contributed by atoms with van der Waals surface area (Å²) in [4.78, 5) is 25.0. The molecule has 0 spiro atoms. The van der Waals surface area contributed by atoms with E-state index in [0.29, 0.717) is 23.4 Å². The molecule has 0 aliphatic heterocycles. The molecule has 0 aromatic heterocycles. The Labute approximate surface area is 154 Å². The second-order valence-electron chi connectivity index (χ2n) is 6.77. The average Bonchev–Trinajstić information content (AvgIpc) is 3.39. The van der Waals surface area contributed by atoms with Gasteiger partial charge in [0.25, 0.3) is 5.91 Å². The molecule has 0 heterocycles. The molecule has 3 rings (SSSR count). The fourth-order valence-electron chi connectivity index (χ4n) is 3.14. The lowest BCUT2D eigenvalue weighted by Crippen LogP contribution is -2.35. The van der Waals surface area contributed by atoms with Crippen LogP contribution in [0.2, 0.25) is 0 Å². The molecular formula is C18H26ClN3O3. The highest BCUT2D eigenvalue weighted by molar-refractivity contribution is 6.04. The summed E-state index contributed by atoms with van der Waals surface area (Å²) < 4.78 is 5.21. The number of halogens is 1. The summed E-state index contributed by atoms with van der Waals surface area (Å²) in [5.41, 5.74) is 6.94. The smallest absolute Gasteiger partial charge is 0.253 e. The van der Waals surface area contributed by atoms with Gasteiger partial charge in [0.1, 0.15) is 5.75 Å². The first-order valence-corrected chi connectivity index (χ1v) is 8.62. The SMILES string of the molecule is COc1ccc(NC(=O)C2CCCC(N)C2)c(C(=O)NC2CC2)c1.Cl. The first-order valence-electron chi connectivity index (χ1n) is 8.62. The molecule has 2 amide bonds. The topological polar surface area (TPSA) is 93.4 Å². The number of ether oxygens (including phenoxy) is 1. The molecule has 2 aliphatic carbocycles. The van der Waals surface area contributed by atoms with Crippen molar-refractivity contribution in [3.05, 3.63) is 23.8 Å². The van der Waals surface area contributed by atoms with E-state index in [2.05, 4.69) is 10.6 Å². The third-order valence-corrected chi connectivity index (χ3v) is 4.73. The molecule has 0 saturated heterocycles. The highest BCUT2D eigenvalue weighted by atomic mass is 35.5. The minimum absolute atomic E-state index is 0. The Morgan fingerprint density at radius 3 is 2.60 bits per heavy atom. The van der Waals surface area contributed by atoms with Gasteiger partial charge in [-0.25, -0.2) is 0 Å². The van der Waals surface area contributed by atoms with Gasteiger partial charge in [-0.05, 0) is 50.3 Å². The molecule has 2 aliphatic rings. The van der Waals surface area contributed by atoms with Crippen LogP contribution in [0.4, 0.5) is 5.69 Å². The fourth-order valence-corrected chi connectivity index (χ4v) is 3.14. The summed E-state index contributed by atoms with van der Waals surface area (Å²) in [7, 11) is 1.56. The Balaban J connectivity index is 0.00000225. The Bertz CT molecular complexity index is 634. The second kappa shape index (κ2) is 8.54. The number of carbonyl (C=O) groups excluding carboxylic acids is 2. The van der Waals surface area contributed by atoms with Crippen molar-refractivity contribution in [3.8, 4) is 5.75 Å². The van der Waals surface area contributed by atoms with Gasteiger partial charge in [0.05, 0.1) is 18.4 Å². The molecule has 2 fully saturated rings. The molecule has 2 saturated carbocycles. The van der Waals surface area contributed by atoms with Crippen LogP contribution < -0.4 is 21.1 Å². The molecule has 2 unspecified atom stereocenters. The van der Waals surface area contributed by atoms with Gasteiger partial charge in [-0.3, -0.25) is 9.59 Å². The lowest BCUT2D eigenvalue weighted by atomic mass is 9.85. The zero-order valence-corrected chi connectivity index (χ0v) is 15.2. The molecule has 138 valence electrons. The zero-order valence-electron chi connectivity index (χ0n) is 14.4. The summed E-state index contributed by atoms with van der Waals surface area (Å²) >= 11 is 0. The molecular weight excluding hydrogens is 342 g/mol. The van der Waals surface area contributed by atoms with Crippen molar-refractivity contribution in [1.29, 1.82) is 0 Å². The van der Waals surface area contributed by atoms with Gasteiger partial charge in [-0.1, -0.05) is 6.42 Å². The van der Waals surface area contributed by atoms with E-state index in [1.165, 1.54) is 0 Å². The second-order valence-corrected chi connectivity index (χ2v) is 6.77.